The van der Waals surface area contributed by atoms with Crippen molar-refractivity contribution in [2.75, 3.05) is 0 Å². The number of fused-ring (bicyclic) bond motifs is 9. The zero-order valence-corrected chi connectivity index (χ0v) is 35.5. The van der Waals surface area contributed by atoms with Crippen molar-refractivity contribution in [2.24, 2.45) is 0 Å². The highest BCUT2D eigenvalue weighted by Gasteiger charge is 2.39. The molecule has 0 N–H and O–H groups in total. The zero-order chi connectivity index (χ0) is 40.9. The van der Waals surface area contributed by atoms with Crippen LogP contribution < -0.4 is 0 Å². The van der Waals surface area contributed by atoms with Gasteiger partial charge in [0.1, 0.15) is 11.2 Å². The van der Waals surface area contributed by atoms with Crippen LogP contribution in [0.15, 0.2) is 168 Å². The minimum atomic E-state index is -0.110. The van der Waals surface area contributed by atoms with Crippen LogP contribution in [0.25, 0.3) is 66.4 Å². The topological polar surface area (TPSA) is 13.1 Å². The number of para-hydroxylation sites is 1. The summed E-state index contributed by atoms with van der Waals surface area (Å²) in [6.45, 7) is 14.1. The molecule has 11 rings (SSSR count). The Labute approximate surface area is 354 Å². The van der Waals surface area contributed by atoms with Crippen LogP contribution in [-0.4, -0.2) is 0 Å². The quantitative estimate of drug-likeness (QED) is 0.157. The molecule has 0 saturated heterocycles. The molecule has 1 aromatic heterocycles. The van der Waals surface area contributed by atoms with Gasteiger partial charge >= 0.3 is 0 Å². The van der Waals surface area contributed by atoms with E-state index in [1.807, 2.05) is 6.07 Å². The molecule has 1 unspecified atom stereocenters. The number of hydrogen-bond donors (Lipinski definition) is 0. The summed E-state index contributed by atoms with van der Waals surface area (Å²) in [6, 6.07) is 61.6. The SMILES string of the molecule is Cc1cc(C)c2c(c1)C(C)(C)c1ccc(-c3cccc(C(CCc4cccc(-c5cccc6oc7ccccc7c56)c4)c4cccc5c4C(C)(C)c4ccccc4-5)c3)cc1-2. The molecule has 2 aliphatic rings. The van der Waals surface area contributed by atoms with Gasteiger partial charge in [-0.3, -0.25) is 0 Å². The zero-order valence-electron chi connectivity index (χ0n) is 35.5. The van der Waals surface area contributed by atoms with Gasteiger partial charge in [-0.25, -0.2) is 0 Å². The fourth-order valence-electron chi connectivity index (χ4n) is 11.3. The largest absolute Gasteiger partial charge is 0.456 e. The van der Waals surface area contributed by atoms with Gasteiger partial charge in [-0.2, -0.15) is 0 Å². The van der Waals surface area contributed by atoms with Gasteiger partial charge in [0.05, 0.1) is 0 Å². The maximum absolute atomic E-state index is 6.30. The molecule has 0 fully saturated rings. The number of furan rings is 1. The van der Waals surface area contributed by atoms with Gasteiger partial charge in [-0.05, 0) is 134 Å². The van der Waals surface area contributed by atoms with Crippen molar-refractivity contribution in [3.8, 4) is 44.5 Å². The summed E-state index contributed by atoms with van der Waals surface area (Å²) in [6.07, 6.45) is 1.93. The van der Waals surface area contributed by atoms with Gasteiger partial charge in [0, 0.05) is 27.5 Å². The van der Waals surface area contributed by atoms with E-state index in [4.69, 9.17) is 4.42 Å². The molecular formula is C59H50O. The second kappa shape index (κ2) is 13.5. The highest BCUT2D eigenvalue weighted by molar-refractivity contribution is 6.12. The molecule has 0 amide bonds. The van der Waals surface area contributed by atoms with Crippen molar-refractivity contribution in [2.45, 2.75) is 71.1 Å². The number of aryl methyl sites for hydroxylation is 3. The maximum atomic E-state index is 6.30. The normalized spacial score (nSPS) is 14.8. The summed E-state index contributed by atoms with van der Waals surface area (Å²) in [7, 11) is 0. The Hall–Kier alpha value is -6.44. The third-order valence-electron chi connectivity index (χ3n) is 14.1. The van der Waals surface area contributed by atoms with Crippen LogP contribution >= 0.6 is 0 Å². The monoisotopic (exact) mass is 774 g/mol. The van der Waals surface area contributed by atoms with Crippen LogP contribution in [0.4, 0.5) is 0 Å². The highest BCUT2D eigenvalue weighted by atomic mass is 16.3. The van der Waals surface area contributed by atoms with Crippen molar-refractivity contribution in [1.29, 1.82) is 0 Å². The number of hydrogen-bond acceptors (Lipinski definition) is 1. The van der Waals surface area contributed by atoms with E-state index in [1.165, 1.54) is 100.0 Å². The predicted molar refractivity (Wildman–Crippen MR) is 252 cm³/mol. The molecule has 0 spiro atoms. The highest BCUT2D eigenvalue weighted by Crippen LogP contribution is 2.54. The Balaban J connectivity index is 1.01. The Morgan fingerprint density at radius 2 is 1.20 bits per heavy atom. The lowest BCUT2D eigenvalue weighted by molar-refractivity contribution is 0.629. The van der Waals surface area contributed by atoms with E-state index in [0.29, 0.717) is 0 Å². The van der Waals surface area contributed by atoms with E-state index >= 15 is 0 Å². The van der Waals surface area contributed by atoms with Gasteiger partial charge in [0.15, 0.2) is 0 Å². The predicted octanol–water partition coefficient (Wildman–Crippen LogP) is 15.9. The minimum Gasteiger partial charge on any atom is -0.456 e. The van der Waals surface area contributed by atoms with Crippen LogP contribution in [-0.2, 0) is 17.3 Å². The first-order valence-electron chi connectivity index (χ1n) is 21.7. The molecule has 0 radical (unpaired) electrons. The van der Waals surface area contributed by atoms with Crippen molar-refractivity contribution in [3.05, 3.63) is 214 Å². The van der Waals surface area contributed by atoms with Crippen LogP contribution in [0.1, 0.15) is 90.1 Å². The molecule has 0 bridgehead atoms. The molecule has 9 aromatic rings. The van der Waals surface area contributed by atoms with Gasteiger partial charge < -0.3 is 4.42 Å². The fourth-order valence-corrected chi connectivity index (χ4v) is 11.3. The Morgan fingerprint density at radius 3 is 2.10 bits per heavy atom. The second-order valence-corrected chi connectivity index (χ2v) is 18.5. The first kappa shape index (κ1) is 36.6. The molecule has 8 aromatic carbocycles. The van der Waals surface area contributed by atoms with Gasteiger partial charge in [-0.15, -0.1) is 0 Å². The summed E-state index contributed by atoms with van der Waals surface area (Å²) in [5, 5.41) is 2.35. The van der Waals surface area contributed by atoms with Gasteiger partial charge in [0.2, 0.25) is 0 Å². The third-order valence-corrected chi connectivity index (χ3v) is 14.1. The lowest BCUT2D eigenvalue weighted by Gasteiger charge is -2.29. The molecule has 292 valence electrons. The second-order valence-electron chi connectivity index (χ2n) is 18.5. The molecule has 1 heterocycles. The van der Waals surface area contributed by atoms with Crippen LogP contribution in [0.2, 0.25) is 0 Å². The first-order valence-corrected chi connectivity index (χ1v) is 21.7. The van der Waals surface area contributed by atoms with Crippen LogP contribution in [0.5, 0.6) is 0 Å². The van der Waals surface area contributed by atoms with Crippen molar-refractivity contribution >= 4 is 21.9 Å². The lowest BCUT2D eigenvalue weighted by Crippen LogP contribution is -2.19. The third kappa shape index (κ3) is 5.59. The smallest absolute Gasteiger partial charge is 0.136 e. The molecule has 1 atom stereocenters. The van der Waals surface area contributed by atoms with E-state index in [2.05, 4.69) is 199 Å². The Bertz CT molecular complexity index is 3190. The average molecular weight is 775 g/mol. The number of rotatable bonds is 7. The minimum absolute atomic E-state index is 0.0267. The summed E-state index contributed by atoms with van der Waals surface area (Å²) in [5.74, 6) is 0.192. The standard InChI is InChI=1S/C59H50O/c1-36-31-37(2)55-49-35-40(28-30-51(49)58(3,4)52(55)32-36)39-16-12-18-42(34-39)43(46-22-13-23-47-45-19-7-9-24-50(45)59(5,6)57(46)47)29-27-38-15-11-17-41(33-38)44-21-14-26-54-56(44)48-20-8-10-25-53(48)60-54/h7-26,28,30-35,43H,27,29H2,1-6H3. The van der Waals surface area contributed by atoms with Crippen molar-refractivity contribution in [3.63, 3.8) is 0 Å². The molecule has 2 aliphatic carbocycles. The molecule has 0 saturated carbocycles. The van der Waals surface area contributed by atoms with E-state index in [1.54, 1.807) is 0 Å². The molecule has 1 nitrogen and oxygen atoms in total. The van der Waals surface area contributed by atoms with Gasteiger partial charge in [-0.1, -0.05) is 179 Å². The maximum Gasteiger partial charge on any atom is 0.136 e. The summed E-state index contributed by atoms with van der Waals surface area (Å²) >= 11 is 0. The van der Waals surface area contributed by atoms with E-state index in [-0.39, 0.29) is 16.7 Å². The lowest BCUT2D eigenvalue weighted by atomic mass is 9.74. The van der Waals surface area contributed by atoms with Crippen LogP contribution in [0.3, 0.4) is 0 Å². The average Bonchev–Trinajstić information content (AvgIpc) is 3.84. The Kier molecular flexibility index (Phi) is 8.27. The first-order chi connectivity index (χ1) is 29.1. The van der Waals surface area contributed by atoms with Gasteiger partial charge in [0.25, 0.3) is 0 Å². The molecular weight excluding hydrogens is 725 g/mol. The Morgan fingerprint density at radius 1 is 0.500 bits per heavy atom. The van der Waals surface area contributed by atoms with E-state index in [0.717, 1.165) is 29.4 Å². The molecule has 1 heteroatoms. The van der Waals surface area contributed by atoms with Crippen molar-refractivity contribution < 1.29 is 4.42 Å². The number of benzene rings is 8. The summed E-state index contributed by atoms with van der Waals surface area (Å²) in [5.41, 5.74) is 24.9. The summed E-state index contributed by atoms with van der Waals surface area (Å²) < 4.78 is 6.30. The molecule has 60 heavy (non-hydrogen) atoms. The van der Waals surface area contributed by atoms with E-state index in [9.17, 15) is 0 Å². The fraction of sp³-hybridized carbons (Fsp3) is 0.186. The molecule has 0 aliphatic heterocycles. The van der Waals surface area contributed by atoms with Crippen molar-refractivity contribution in [1.82, 2.24) is 0 Å². The van der Waals surface area contributed by atoms with E-state index < -0.39 is 0 Å². The van der Waals surface area contributed by atoms with Crippen LogP contribution in [0, 0.1) is 13.8 Å². The summed E-state index contributed by atoms with van der Waals surface area (Å²) in [4.78, 5) is 0.